The van der Waals surface area contributed by atoms with Gasteiger partial charge in [-0.05, 0) is 62.1 Å². The van der Waals surface area contributed by atoms with Crippen molar-refractivity contribution in [3.63, 3.8) is 0 Å². The summed E-state index contributed by atoms with van der Waals surface area (Å²) in [6, 6.07) is 17.2. The van der Waals surface area contributed by atoms with Gasteiger partial charge in [0.05, 0.1) is 0 Å². The molecule has 5 heteroatoms. The zero-order valence-corrected chi connectivity index (χ0v) is 17.2. The number of likely N-dealkylation sites (tertiary alicyclic amines) is 1. The number of nitrogens with one attached hydrogen (secondary N) is 1. The first-order chi connectivity index (χ1) is 14.3. The molecule has 1 aromatic heterocycles. The summed E-state index contributed by atoms with van der Waals surface area (Å²) < 4.78 is 0. The minimum atomic E-state index is 0.128. The molecule has 2 aliphatic rings. The summed E-state index contributed by atoms with van der Waals surface area (Å²) in [6.45, 7) is 3.67. The largest absolute Gasteiger partial charge is 0.356 e. The summed E-state index contributed by atoms with van der Waals surface area (Å²) in [5, 5.41) is 3.27. The van der Waals surface area contributed by atoms with Gasteiger partial charge >= 0.3 is 6.03 Å². The number of rotatable bonds is 5. The fourth-order valence-corrected chi connectivity index (χ4v) is 4.50. The number of hydrogen-bond acceptors (Lipinski definition) is 3. The summed E-state index contributed by atoms with van der Waals surface area (Å²) in [6.07, 6.45) is 8.42. The van der Waals surface area contributed by atoms with Gasteiger partial charge in [-0.15, -0.1) is 0 Å². The van der Waals surface area contributed by atoms with Crippen molar-refractivity contribution in [2.75, 3.05) is 31.1 Å². The molecule has 0 aliphatic carbocycles. The lowest BCUT2D eigenvalue weighted by atomic mass is 9.90. The molecule has 2 fully saturated rings. The van der Waals surface area contributed by atoms with Gasteiger partial charge in [0.2, 0.25) is 0 Å². The maximum absolute atomic E-state index is 12.7. The number of carbonyl (C=O) groups is 1. The molecule has 0 saturated carbocycles. The first kappa shape index (κ1) is 19.7. The van der Waals surface area contributed by atoms with E-state index in [1.807, 2.05) is 23.2 Å². The lowest BCUT2D eigenvalue weighted by Crippen LogP contribution is -2.51. The molecule has 154 valence electrons. The highest BCUT2D eigenvalue weighted by Gasteiger charge is 2.26. The van der Waals surface area contributed by atoms with E-state index >= 15 is 0 Å². The van der Waals surface area contributed by atoms with Crippen LogP contribution in [0.1, 0.15) is 37.7 Å². The Morgan fingerprint density at radius 3 is 2.34 bits per heavy atom. The van der Waals surface area contributed by atoms with Crippen LogP contribution in [-0.2, 0) is 6.42 Å². The SMILES string of the molecule is O=C(NC1CCN(c2ccccn2)CC1)N1CCC(CCc2ccccc2)CC1. The van der Waals surface area contributed by atoms with Crippen LogP contribution in [0.25, 0.3) is 0 Å². The molecular weight excluding hydrogens is 360 g/mol. The van der Waals surface area contributed by atoms with Crippen LogP contribution in [0.3, 0.4) is 0 Å². The van der Waals surface area contributed by atoms with Crippen molar-refractivity contribution < 1.29 is 4.79 Å². The highest BCUT2D eigenvalue weighted by atomic mass is 16.2. The number of aryl methyl sites for hydroxylation is 1. The van der Waals surface area contributed by atoms with Crippen molar-refractivity contribution in [2.45, 2.75) is 44.6 Å². The molecule has 0 unspecified atom stereocenters. The van der Waals surface area contributed by atoms with Crippen molar-refractivity contribution in [2.24, 2.45) is 5.92 Å². The van der Waals surface area contributed by atoms with Crippen molar-refractivity contribution in [3.05, 3.63) is 60.3 Å². The Hall–Kier alpha value is -2.56. The van der Waals surface area contributed by atoms with Crippen LogP contribution in [0.5, 0.6) is 0 Å². The predicted octanol–water partition coefficient (Wildman–Crippen LogP) is 4.10. The lowest BCUT2D eigenvalue weighted by molar-refractivity contribution is 0.163. The summed E-state index contributed by atoms with van der Waals surface area (Å²) >= 11 is 0. The Balaban J connectivity index is 1.16. The number of piperidine rings is 2. The highest BCUT2D eigenvalue weighted by Crippen LogP contribution is 2.23. The molecule has 0 bridgehead atoms. The minimum absolute atomic E-state index is 0.128. The van der Waals surface area contributed by atoms with E-state index in [9.17, 15) is 4.79 Å². The molecular formula is C24H32N4O. The average molecular weight is 393 g/mol. The van der Waals surface area contributed by atoms with Crippen LogP contribution < -0.4 is 10.2 Å². The first-order valence-electron chi connectivity index (χ1n) is 11.0. The molecule has 29 heavy (non-hydrogen) atoms. The topological polar surface area (TPSA) is 48.5 Å². The molecule has 2 saturated heterocycles. The zero-order chi connectivity index (χ0) is 19.9. The van der Waals surface area contributed by atoms with Gasteiger partial charge < -0.3 is 15.1 Å². The van der Waals surface area contributed by atoms with Crippen LogP contribution in [0.4, 0.5) is 10.6 Å². The van der Waals surface area contributed by atoms with Crippen LogP contribution in [0, 0.1) is 5.92 Å². The van der Waals surface area contributed by atoms with Crippen LogP contribution >= 0.6 is 0 Å². The van der Waals surface area contributed by atoms with E-state index in [0.29, 0.717) is 0 Å². The Morgan fingerprint density at radius 2 is 1.66 bits per heavy atom. The van der Waals surface area contributed by atoms with Crippen molar-refractivity contribution in [1.29, 1.82) is 0 Å². The van der Waals surface area contributed by atoms with Gasteiger partial charge in [-0.1, -0.05) is 36.4 Å². The molecule has 2 amide bonds. The van der Waals surface area contributed by atoms with Crippen molar-refractivity contribution in [3.8, 4) is 0 Å². The molecule has 2 aliphatic heterocycles. The minimum Gasteiger partial charge on any atom is -0.356 e. The lowest BCUT2D eigenvalue weighted by Gasteiger charge is -2.36. The number of amides is 2. The van der Waals surface area contributed by atoms with Crippen LogP contribution in [0.2, 0.25) is 0 Å². The standard InChI is InChI=1S/C24H32N4O/c29-24(26-22-13-18-27(19-14-22)23-8-4-5-15-25-23)28-16-11-21(12-17-28)10-9-20-6-2-1-3-7-20/h1-8,15,21-22H,9-14,16-19H2,(H,26,29). The number of nitrogens with zero attached hydrogens (tertiary/aromatic N) is 3. The number of hydrogen-bond donors (Lipinski definition) is 1. The molecule has 5 nitrogen and oxygen atoms in total. The second kappa shape index (κ2) is 9.77. The monoisotopic (exact) mass is 392 g/mol. The van der Waals surface area contributed by atoms with E-state index in [0.717, 1.165) is 70.0 Å². The number of aromatic nitrogens is 1. The van der Waals surface area contributed by atoms with E-state index in [-0.39, 0.29) is 12.1 Å². The fraction of sp³-hybridized carbons (Fsp3) is 0.500. The van der Waals surface area contributed by atoms with Gasteiger partial charge in [0, 0.05) is 38.4 Å². The summed E-state index contributed by atoms with van der Waals surface area (Å²) in [4.78, 5) is 21.5. The molecule has 3 heterocycles. The van der Waals surface area contributed by atoms with E-state index in [4.69, 9.17) is 0 Å². The number of urea groups is 1. The molecule has 0 atom stereocenters. The van der Waals surface area contributed by atoms with Gasteiger partial charge in [-0.25, -0.2) is 9.78 Å². The van der Waals surface area contributed by atoms with E-state index < -0.39 is 0 Å². The number of pyridine rings is 1. The first-order valence-corrected chi connectivity index (χ1v) is 11.0. The van der Waals surface area contributed by atoms with Crippen molar-refractivity contribution in [1.82, 2.24) is 15.2 Å². The van der Waals surface area contributed by atoms with Gasteiger partial charge in [0.25, 0.3) is 0 Å². The van der Waals surface area contributed by atoms with Gasteiger partial charge in [-0.2, -0.15) is 0 Å². The second-order valence-corrected chi connectivity index (χ2v) is 8.35. The Kier molecular flexibility index (Phi) is 6.65. The summed E-state index contributed by atoms with van der Waals surface area (Å²) in [5.74, 6) is 1.77. The maximum atomic E-state index is 12.7. The number of anilines is 1. The number of benzene rings is 1. The Bertz CT molecular complexity index is 751. The second-order valence-electron chi connectivity index (χ2n) is 8.35. The molecule has 1 N–H and O–H groups in total. The summed E-state index contributed by atoms with van der Waals surface area (Å²) in [5.41, 5.74) is 1.42. The van der Waals surface area contributed by atoms with E-state index in [2.05, 4.69) is 51.6 Å². The van der Waals surface area contributed by atoms with Crippen molar-refractivity contribution >= 4 is 11.8 Å². The third-order valence-corrected chi connectivity index (χ3v) is 6.38. The van der Waals surface area contributed by atoms with Gasteiger partial charge in [-0.3, -0.25) is 0 Å². The summed E-state index contributed by atoms with van der Waals surface area (Å²) in [7, 11) is 0. The van der Waals surface area contributed by atoms with Crippen LogP contribution in [0.15, 0.2) is 54.7 Å². The number of carbonyl (C=O) groups excluding carboxylic acids is 1. The molecule has 0 radical (unpaired) electrons. The Labute approximate surface area is 174 Å². The third-order valence-electron chi connectivity index (χ3n) is 6.38. The molecule has 4 rings (SSSR count). The van der Waals surface area contributed by atoms with E-state index in [1.54, 1.807) is 0 Å². The molecule has 1 aromatic carbocycles. The zero-order valence-electron chi connectivity index (χ0n) is 17.2. The predicted molar refractivity (Wildman–Crippen MR) is 117 cm³/mol. The third kappa shape index (κ3) is 5.49. The van der Waals surface area contributed by atoms with E-state index in [1.165, 1.54) is 12.0 Å². The Morgan fingerprint density at radius 1 is 0.931 bits per heavy atom. The average Bonchev–Trinajstić information content (AvgIpc) is 2.80. The van der Waals surface area contributed by atoms with Crippen LogP contribution in [-0.4, -0.2) is 48.1 Å². The van der Waals surface area contributed by atoms with Gasteiger partial charge in [0.1, 0.15) is 5.82 Å². The molecule has 2 aromatic rings. The fourth-order valence-electron chi connectivity index (χ4n) is 4.50. The highest BCUT2D eigenvalue weighted by molar-refractivity contribution is 5.74. The maximum Gasteiger partial charge on any atom is 0.317 e. The smallest absolute Gasteiger partial charge is 0.317 e. The molecule has 0 spiro atoms. The van der Waals surface area contributed by atoms with Gasteiger partial charge in [0.15, 0.2) is 0 Å². The normalized spacial score (nSPS) is 18.6. The quantitative estimate of drug-likeness (QED) is 0.833.